The highest BCUT2D eigenvalue weighted by Gasteiger charge is 2.42. The molecule has 0 aliphatic carbocycles. The molecule has 20 heavy (non-hydrogen) atoms. The third-order valence-electron chi connectivity index (χ3n) is 4.38. The zero-order chi connectivity index (χ0) is 14.2. The van der Waals surface area contributed by atoms with Crippen LogP contribution in [0.25, 0.3) is 0 Å². The first-order valence-electron chi connectivity index (χ1n) is 7.01. The van der Waals surface area contributed by atoms with E-state index in [0.717, 1.165) is 47.5 Å². The van der Waals surface area contributed by atoms with Gasteiger partial charge in [0.05, 0.1) is 12.2 Å². The number of hydrogen-bond acceptors (Lipinski definition) is 3. The van der Waals surface area contributed by atoms with Gasteiger partial charge < -0.3 is 15.2 Å². The molecule has 5 heteroatoms. The molecular formula is C15H19BrClNO2. The van der Waals surface area contributed by atoms with Gasteiger partial charge in [-0.15, -0.1) is 0 Å². The van der Waals surface area contributed by atoms with E-state index in [9.17, 15) is 0 Å². The van der Waals surface area contributed by atoms with Crippen molar-refractivity contribution in [2.24, 2.45) is 11.7 Å². The van der Waals surface area contributed by atoms with E-state index < -0.39 is 0 Å². The maximum Gasteiger partial charge on any atom is 0.0940 e. The van der Waals surface area contributed by atoms with Crippen molar-refractivity contribution in [3.8, 4) is 0 Å². The Morgan fingerprint density at radius 3 is 2.90 bits per heavy atom. The topological polar surface area (TPSA) is 44.5 Å². The van der Waals surface area contributed by atoms with Gasteiger partial charge in [-0.25, -0.2) is 0 Å². The van der Waals surface area contributed by atoms with Crippen molar-refractivity contribution in [1.82, 2.24) is 0 Å². The van der Waals surface area contributed by atoms with Gasteiger partial charge in [0.2, 0.25) is 0 Å². The smallest absolute Gasteiger partial charge is 0.0940 e. The van der Waals surface area contributed by atoms with Crippen molar-refractivity contribution in [2.75, 3.05) is 19.8 Å². The van der Waals surface area contributed by atoms with Gasteiger partial charge in [0.15, 0.2) is 0 Å². The van der Waals surface area contributed by atoms with Crippen LogP contribution in [0.3, 0.4) is 0 Å². The number of ether oxygens (including phenoxy) is 2. The average molecular weight is 361 g/mol. The zero-order valence-electron chi connectivity index (χ0n) is 11.3. The lowest BCUT2D eigenvalue weighted by atomic mass is 9.79. The second-order valence-corrected chi connectivity index (χ2v) is 7.17. The number of hydrogen-bond donors (Lipinski definition) is 1. The Hall–Kier alpha value is -0.130. The summed E-state index contributed by atoms with van der Waals surface area (Å²) in [5, 5.41) is 0.718. The number of halogens is 2. The lowest BCUT2D eigenvalue weighted by molar-refractivity contribution is -0.101. The largest absolute Gasteiger partial charge is 0.378 e. The van der Waals surface area contributed by atoms with Crippen molar-refractivity contribution in [2.45, 2.75) is 30.9 Å². The summed E-state index contributed by atoms with van der Waals surface area (Å²) in [6.07, 6.45) is 2.95. The molecule has 1 spiro atoms. The van der Waals surface area contributed by atoms with Crippen molar-refractivity contribution in [3.05, 3.63) is 33.3 Å². The third kappa shape index (κ3) is 3.04. The monoisotopic (exact) mass is 359 g/mol. The Bertz CT molecular complexity index is 471. The third-order valence-corrected chi connectivity index (χ3v) is 5.05. The molecule has 0 bridgehead atoms. The first-order chi connectivity index (χ1) is 9.58. The lowest BCUT2D eigenvalue weighted by Crippen LogP contribution is -2.43. The summed E-state index contributed by atoms with van der Waals surface area (Å²) in [6, 6.07) is 5.90. The minimum atomic E-state index is -0.101. The molecule has 2 aliphatic heterocycles. The van der Waals surface area contributed by atoms with E-state index in [0.29, 0.717) is 12.5 Å². The number of rotatable bonds is 2. The predicted octanol–water partition coefficient (Wildman–Crippen LogP) is 3.69. The zero-order valence-corrected chi connectivity index (χ0v) is 13.6. The van der Waals surface area contributed by atoms with Gasteiger partial charge in [0.25, 0.3) is 0 Å². The molecule has 0 amide bonds. The molecule has 110 valence electrons. The van der Waals surface area contributed by atoms with E-state index in [4.69, 9.17) is 26.8 Å². The number of benzene rings is 1. The highest BCUT2D eigenvalue weighted by atomic mass is 79.9. The second-order valence-electron chi connectivity index (χ2n) is 5.82. The molecule has 2 saturated heterocycles. The summed E-state index contributed by atoms with van der Waals surface area (Å²) < 4.78 is 12.5. The molecule has 3 nitrogen and oxygen atoms in total. The van der Waals surface area contributed by atoms with Gasteiger partial charge in [0.1, 0.15) is 0 Å². The highest BCUT2D eigenvalue weighted by molar-refractivity contribution is 9.10. The molecule has 2 aliphatic rings. The fraction of sp³-hybridized carbons (Fsp3) is 0.600. The maximum absolute atomic E-state index is 6.48. The van der Waals surface area contributed by atoms with Crippen LogP contribution >= 0.6 is 27.5 Å². The minimum Gasteiger partial charge on any atom is -0.378 e. The first kappa shape index (κ1) is 14.8. The summed E-state index contributed by atoms with van der Waals surface area (Å²) in [7, 11) is 0. The highest BCUT2D eigenvalue weighted by Crippen LogP contribution is 2.40. The Balaban J connectivity index is 1.77. The van der Waals surface area contributed by atoms with Crippen LogP contribution in [0.15, 0.2) is 22.7 Å². The Labute approximate surface area is 132 Å². The molecule has 3 unspecified atom stereocenters. The Kier molecular flexibility index (Phi) is 4.39. The van der Waals surface area contributed by atoms with E-state index in [1.807, 2.05) is 12.1 Å². The lowest BCUT2D eigenvalue weighted by Gasteiger charge is -2.39. The fourth-order valence-electron chi connectivity index (χ4n) is 3.28. The molecule has 2 N–H and O–H groups in total. The van der Waals surface area contributed by atoms with E-state index in [-0.39, 0.29) is 11.6 Å². The minimum absolute atomic E-state index is 0.00799. The summed E-state index contributed by atoms with van der Waals surface area (Å²) >= 11 is 9.60. The maximum atomic E-state index is 6.48. The van der Waals surface area contributed by atoms with E-state index in [1.165, 1.54) is 0 Å². The first-order valence-corrected chi connectivity index (χ1v) is 8.18. The Morgan fingerprint density at radius 1 is 1.35 bits per heavy atom. The molecule has 0 radical (unpaired) electrons. The van der Waals surface area contributed by atoms with Crippen LogP contribution in [0.1, 0.15) is 30.9 Å². The molecule has 2 fully saturated rings. The fourth-order valence-corrected chi connectivity index (χ4v) is 4.16. The predicted molar refractivity (Wildman–Crippen MR) is 82.9 cm³/mol. The molecule has 1 aromatic rings. The summed E-state index contributed by atoms with van der Waals surface area (Å²) in [6.45, 7) is 2.27. The van der Waals surface area contributed by atoms with E-state index >= 15 is 0 Å². The van der Waals surface area contributed by atoms with Crippen molar-refractivity contribution < 1.29 is 9.47 Å². The van der Waals surface area contributed by atoms with Crippen LogP contribution in [0, 0.1) is 5.92 Å². The van der Waals surface area contributed by atoms with Crippen LogP contribution in [-0.4, -0.2) is 25.4 Å². The van der Waals surface area contributed by atoms with E-state index in [1.54, 1.807) is 0 Å². The molecule has 1 aromatic carbocycles. The van der Waals surface area contributed by atoms with Gasteiger partial charge in [0, 0.05) is 35.2 Å². The standard InChI is InChI=1S/C15H19BrClNO2/c16-12-5-11(6-13(17)7-12)14(18)10-1-3-20-15(8-10)2-4-19-9-15/h5-7,10,14H,1-4,8-9,18H2. The van der Waals surface area contributed by atoms with Crippen molar-refractivity contribution in [3.63, 3.8) is 0 Å². The van der Waals surface area contributed by atoms with Gasteiger partial charge in [-0.3, -0.25) is 0 Å². The Morgan fingerprint density at radius 2 is 2.20 bits per heavy atom. The van der Waals surface area contributed by atoms with Crippen LogP contribution < -0.4 is 5.73 Å². The molecule has 2 heterocycles. The van der Waals surface area contributed by atoms with Crippen LogP contribution in [0.5, 0.6) is 0 Å². The SMILES string of the molecule is NC(c1cc(Cl)cc(Br)c1)C1CCOC2(CCOC2)C1. The van der Waals surface area contributed by atoms with Gasteiger partial charge in [-0.05, 0) is 42.5 Å². The summed E-state index contributed by atoms with van der Waals surface area (Å²) in [4.78, 5) is 0. The molecule has 0 aromatic heterocycles. The second kappa shape index (κ2) is 5.93. The number of nitrogens with two attached hydrogens (primary N) is 1. The molecular weight excluding hydrogens is 342 g/mol. The summed E-state index contributed by atoms with van der Waals surface area (Å²) in [5.74, 6) is 0.413. The average Bonchev–Trinajstić information content (AvgIpc) is 2.85. The molecule has 0 saturated carbocycles. The summed E-state index contributed by atoms with van der Waals surface area (Å²) in [5.41, 5.74) is 7.47. The van der Waals surface area contributed by atoms with Crippen LogP contribution in [0.2, 0.25) is 5.02 Å². The van der Waals surface area contributed by atoms with Crippen LogP contribution in [0.4, 0.5) is 0 Å². The molecule has 3 atom stereocenters. The van der Waals surface area contributed by atoms with Crippen LogP contribution in [-0.2, 0) is 9.47 Å². The van der Waals surface area contributed by atoms with E-state index in [2.05, 4.69) is 22.0 Å². The van der Waals surface area contributed by atoms with Gasteiger partial charge in [-0.2, -0.15) is 0 Å². The quantitative estimate of drug-likeness (QED) is 0.875. The molecule has 3 rings (SSSR count). The van der Waals surface area contributed by atoms with Crippen molar-refractivity contribution in [1.29, 1.82) is 0 Å². The van der Waals surface area contributed by atoms with Gasteiger partial charge >= 0.3 is 0 Å². The van der Waals surface area contributed by atoms with Crippen molar-refractivity contribution >= 4 is 27.5 Å². The van der Waals surface area contributed by atoms with Gasteiger partial charge in [-0.1, -0.05) is 27.5 Å². The normalized spacial score (nSPS) is 31.6.